The van der Waals surface area contributed by atoms with Gasteiger partial charge in [-0.15, -0.1) is 0 Å². The van der Waals surface area contributed by atoms with E-state index in [1.54, 1.807) is 19.1 Å². The van der Waals surface area contributed by atoms with Gasteiger partial charge in [0.2, 0.25) is 0 Å². The van der Waals surface area contributed by atoms with Crippen LogP contribution in [0.25, 0.3) is 11.8 Å². The summed E-state index contributed by atoms with van der Waals surface area (Å²) in [5, 5.41) is 4.55. The van der Waals surface area contributed by atoms with Gasteiger partial charge in [-0.25, -0.2) is 13.9 Å². The molecule has 1 aromatic heterocycles. The highest BCUT2D eigenvalue weighted by Crippen LogP contribution is 2.24. The molecule has 0 saturated carbocycles. The Morgan fingerprint density at radius 3 is 2.61 bits per heavy atom. The van der Waals surface area contributed by atoms with E-state index in [9.17, 15) is 14.0 Å². The minimum Gasteiger partial charge on any atom is -0.455 e. The molecule has 2 rings (SSSR count). The van der Waals surface area contributed by atoms with Gasteiger partial charge in [0.1, 0.15) is 17.6 Å². The largest absolute Gasteiger partial charge is 0.455 e. The highest BCUT2D eigenvalue weighted by molar-refractivity contribution is 6.31. The quantitative estimate of drug-likeness (QED) is 0.621. The van der Waals surface area contributed by atoms with Gasteiger partial charge in [0.25, 0.3) is 0 Å². The maximum atomic E-state index is 13.0. The smallest absolute Gasteiger partial charge is 0.331 e. The lowest BCUT2D eigenvalue weighted by molar-refractivity contribution is -0.142. The number of aromatic nitrogens is 2. The number of rotatable bonds is 5. The van der Waals surface area contributed by atoms with Crippen LogP contribution in [0.15, 0.2) is 30.3 Å². The second-order valence-electron chi connectivity index (χ2n) is 4.82. The van der Waals surface area contributed by atoms with E-state index in [0.717, 1.165) is 0 Å². The molecule has 0 fully saturated rings. The van der Waals surface area contributed by atoms with Gasteiger partial charge in [-0.1, -0.05) is 11.6 Å². The number of ketones is 1. The van der Waals surface area contributed by atoms with Crippen molar-refractivity contribution in [3.63, 3.8) is 0 Å². The number of esters is 1. The molecule has 0 saturated heterocycles. The molecule has 7 heteroatoms. The molecule has 0 aliphatic heterocycles. The maximum Gasteiger partial charge on any atom is 0.331 e. The summed E-state index contributed by atoms with van der Waals surface area (Å²) >= 11 is 6.26. The Kier molecular flexibility index (Phi) is 5.28. The van der Waals surface area contributed by atoms with Crippen molar-refractivity contribution < 1.29 is 18.7 Å². The number of nitrogens with zero attached hydrogens (tertiary/aromatic N) is 2. The summed E-state index contributed by atoms with van der Waals surface area (Å²) in [6.45, 7) is 2.78. The highest BCUT2D eigenvalue weighted by atomic mass is 35.5. The molecule has 0 amide bonds. The molecule has 1 aromatic carbocycles. The Labute approximate surface area is 137 Å². The van der Waals surface area contributed by atoms with E-state index in [-0.39, 0.29) is 23.4 Å². The SMILES string of the molecule is CC(=O)COC(=O)/C=C/c1c(C)nn(-c2ccc(F)cc2)c1Cl. The van der Waals surface area contributed by atoms with Crippen LogP contribution in [0.5, 0.6) is 0 Å². The van der Waals surface area contributed by atoms with Gasteiger partial charge in [0.05, 0.1) is 11.4 Å². The predicted octanol–water partition coefficient (Wildman–Crippen LogP) is 3.12. The van der Waals surface area contributed by atoms with Crippen LogP contribution >= 0.6 is 11.6 Å². The van der Waals surface area contributed by atoms with Crippen LogP contribution in [-0.4, -0.2) is 28.1 Å². The normalized spacial score (nSPS) is 11.0. The van der Waals surface area contributed by atoms with E-state index >= 15 is 0 Å². The van der Waals surface area contributed by atoms with Crippen LogP contribution < -0.4 is 0 Å². The average Bonchev–Trinajstić information content (AvgIpc) is 2.79. The number of hydrogen-bond acceptors (Lipinski definition) is 4. The maximum absolute atomic E-state index is 13.0. The van der Waals surface area contributed by atoms with Gasteiger partial charge in [-0.05, 0) is 44.2 Å². The molecule has 120 valence electrons. The monoisotopic (exact) mass is 336 g/mol. The number of hydrogen-bond donors (Lipinski definition) is 0. The van der Waals surface area contributed by atoms with Gasteiger partial charge >= 0.3 is 5.97 Å². The summed E-state index contributed by atoms with van der Waals surface area (Å²) in [7, 11) is 0. The van der Waals surface area contributed by atoms with Gasteiger partial charge < -0.3 is 4.74 Å². The van der Waals surface area contributed by atoms with E-state index in [2.05, 4.69) is 5.10 Å². The van der Waals surface area contributed by atoms with Gasteiger partial charge in [0, 0.05) is 11.6 Å². The third-order valence-electron chi connectivity index (χ3n) is 2.92. The summed E-state index contributed by atoms with van der Waals surface area (Å²) in [4.78, 5) is 22.2. The third kappa shape index (κ3) is 4.26. The zero-order valence-corrected chi connectivity index (χ0v) is 13.3. The Morgan fingerprint density at radius 1 is 1.35 bits per heavy atom. The zero-order chi connectivity index (χ0) is 17.0. The Bertz CT molecular complexity index is 766. The standard InChI is InChI=1S/C16H14ClFN2O3/c1-10(21)9-23-15(22)8-7-14-11(2)19-20(16(14)17)13-5-3-12(18)4-6-13/h3-8H,9H2,1-2H3/b8-7+. The molecule has 0 N–H and O–H groups in total. The lowest BCUT2D eigenvalue weighted by Crippen LogP contribution is -2.08. The first kappa shape index (κ1) is 16.9. The Morgan fingerprint density at radius 2 is 2.00 bits per heavy atom. The molecule has 0 bridgehead atoms. The fourth-order valence-electron chi connectivity index (χ4n) is 1.83. The van der Waals surface area contributed by atoms with Crippen LogP contribution in [-0.2, 0) is 14.3 Å². The predicted molar refractivity (Wildman–Crippen MR) is 83.9 cm³/mol. The summed E-state index contributed by atoms with van der Waals surface area (Å²) in [6, 6.07) is 5.69. The number of carbonyl (C=O) groups excluding carboxylic acids is 2. The number of aryl methyl sites for hydroxylation is 1. The van der Waals surface area contributed by atoms with Crippen molar-refractivity contribution in [2.24, 2.45) is 0 Å². The molecule has 0 atom stereocenters. The number of benzene rings is 1. The number of ether oxygens (including phenoxy) is 1. The molecule has 23 heavy (non-hydrogen) atoms. The molecule has 0 radical (unpaired) electrons. The minimum absolute atomic E-state index is 0.245. The Balaban J connectivity index is 2.22. The van der Waals surface area contributed by atoms with Crippen molar-refractivity contribution in [1.29, 1.82) is 0 Å². The van der Waals surface area contributed by atoms with Crippen molar-refractivity contribution in [2.75, 3.05) is 6.61 Å². The number of Topliss-reactive ketones (excluding diaryl/α,β-unsaturated/α-hetero) is 1. The summed E-state index contributed by atoms with van der Waals surface area (Å²) in [5.74, 6) is -1.25. The van der Waals surface area contributed by atoms with Crippen LogP contribution in [0.3, 0.4) is 0 Å². The van der Waals surface area contributed by atoms with Crippen LogP contribution in [0.2, 0.25) is 5.15 Å². The van der Waals surface area contributed by atoms with E-state index in [0.29, 0.717) is 16.9 Å². The molecule has 0 unspecified atom stereocenters. The van der Waals surface area contributed by atoms with Crippen molar-refractivity contribution in [3.05, 3.63) is 52.6 Å². The molecule has 5 nitrogen and oxygen atoms in total. The van der Waals surface area contributed by atoms with Crippen molar-refractivity contribution in [3.8, 4) is 5.69 Å². The lowest BCUT2D eigenvalue weighted by atomic mass is 10.2. The first-order valence-corrected chi connectivity index (χ1v) is 7.11. The molecular formula is C16H14ClFN2O3. The van der Waals surface area contributed by atoms with Crippen molar-refractivity contribution in [1.82, 2.24) is 9.78 Å². The van der Waals surface area contributed by atoms with Crippen LogP contribution in [0.4, 0.5) is 4.39 Å². The van der Waals surface area contributed by atoms with Crippen molar-refractivity contribution in [2.45, 2.75) is 13.8 Å². The molecule has 0 spiro atoms. The zero-order valence-electron chi connectivity index (χ0n) is 12.5. The fourth-order valence-corrected chi connectivity index (χ4v) is 2.16. The van der Waals surface area contributed by atoms with Gasteiger partial charge in [-0.2, -0.15) is 5.10 Å². The van der Waals surface area contributed by atoms with E-state index in [1.807, 2.05) is 0 Å². The summed E-state index contributed by atoms with van der Waals surface area (Å²) < 4.78 is 19.1. The molecular weight excluding hydrogens is 323 g/mol. The summed E-state index contributed by atoms with van der Waals surface area (Å²) in [6.07, 6.45) is 2.64. The number of carbonyl (C=O) groups is 2. The molecule has 2 aromatic rings. The topological polar surface area (TPSA) is 61.2 Å². The van der Waals surface area contributed by atoms with E-state index in [1.165, 1.54) is 35.9 Å². The summed E-state index contributed by atoms with van der Waals surface area (Å²) in [5.41, 5.74) is 1.73. The second-order valence-corrected chi connectivity index (χ2v) is 5.18. The van der Waals surface area contributed by atoms with E-state index in [4.69, 9.17) is 16.3 Å². The Hall–Kier alpha value is -2.47. The first-order chi connectivity index (χ1) is 10.9. The van der Waals surface area contributed by atoms with E-state index < -0.39 is 5.97 Å². The fraction of sp³-hybridized carbons (Fsp3) is 0.188. The highest BCUT2D eigenvalue weighted by Gasteiger charge is 2.13. The molecule has 0 aliphatic rings. The van der Waals surface area contributed by atoms with Crippen LogP contribution in [0.1, 0.15) is 18.2 Å². The molecule has 0 aliphatic carbocycles. The second kappa shape index (κ2) is 7.19. The average molecular weight is 337 g/mol. The third-order valence-corrected chi connectivity index (χ3v) is 3.29. The van der Waals surface area contributed by atoms with Crippen LogP contribution in [0, 0.1) is 12.7 Å². The lowest BCUT2D eigenvalue weighted by Gasteiger charge is -2.02. The number of halogens is 2. The minimum atomic E-state index is -0.648. The molecule has 1 heterocycles. The van der Waals surface area contributed by atoms with Gasteiger partial charge in [0.15, 0.2) is 5.78 Å². The van der Waals surface area contributed by atoms with Gasteiger partial charge in [-0.3, -0.25) is 4.79 Å². The first-order valence-electron chi connectivity index (χ1n) is 6.74. The van der Waals surface area contributed by atoms with Crippen molar-refractivity contribution >= 4 is 29.4 Å².